The van der Waals surface area contributed by atoms with Gasteiger partial charge in [-0.25, -0.2) is 8.42 Å². The first-order valence-corrected chi connectivity index (χ1v) is 8.57. The summed E-state index contributed by atoms with van der Waals surface area (Å²) in [6.07, 6.45) is 0.926. The summed E-state index contributed by atoms with van der Waals surface area (Å²) in [5.41, 5.74) is 0.956. The lowest BCUT2D eigenvalue weighted by atomic mass is 10.1. The van der Waals surface area contributed by atoms with Crippen LogP contribution >= 0.6 is 0 Å². The third kappa shape index (κ3) is 5.75. The number of methoxy groups -OCH3 is 1. The Morgan fingerprint density at radius 2 is 1.86 bits per heavy atom. The van der Waals surface area contributed by atoms with Crippen molar-refractivity contribution in [3.05, 3.63) is 29.8 Å². The number of rotatable bonds is 9. The Labute approximate surface area is 131 Å². The molecule has 0 bridgehead atoms. The quantitative estimate of drug-likeness (QED) is 0.718. The average molecular weight is 329 g/mol. The van der Waals surface area contributed by atoms with E-state index in [9.17, 15) is 13.2 Å². The molecule has 0 aliphatic carbocycles. The van der Waals surface area contributed by atoms with E-state index in [0.29, 0.717) is 13.0 Å². The summed E-state index contributed by atoms with van der Waals surface area (Å²) < 4.78 is 31.7. The van der Waals surface area contributed by atoms with E-state index in [1.807, 2.05) is 13.8 Å². The third-order valence-corrected chi connectivity index (χ3v) is 4.62. The van der Waals surface area contributed by atoms with E-state index in [0.717, 1.165) is 5.56 Å². The molecule has 124 valence electrons. The number of nitrogens with one attached hydrogen (secondary N) is 1. The van der Waals surface area contributed by atoms with Gasteiger partial charge in [-0.15, -0.1) is 0 Å². The molecule has 1 rings (SSSR count). The van der Waals surface area contributed by atoms with Crippen LogP contribution in [0.3, 0.4) is 0 Å². The van der Waals surface area contributed by atoms with E-state index in [2.05, 4.69) is 4.72 Å². The fourth-order valence-corrected chi connectivity index (χ4v) is 3.18. The van der Waals surface area contributed by atoms with Crippen LogP contribution in [0.4, 0.5) is 0 Å². The highest BCUT2D eigenvalue weighted by Crippen LogP contribution is 2.14. The number of carbonyl (C=O) groups is 1. The number of benzene rings is 1. The highest BCUT2D eigenvalue weighted by molar-refractivity contribution is 7.89. The Balaban J connectivity index is 2.86. The minimum absolute atomic E-state index is 0.0590. The maximum Gasteiger partial charge on any atom is 0.321 e. The Hall–Kier alpha value is -1.44. The first-order valence-electron chi connectivity index (χ1n) is 7.09. The third-order valence-electron chi connectivity index (χ3n) is 3.13. The maximum absolute atomic E-state index is 12.3. The number of sulfonamides is 1. The highest BCUT2D eigenvalue weighted by Gasteiger charge is 2.25. The zero-order chi connectivity index (χ0) is 16.8. The number of aliphatic carboxylic acids is 1. The van der Waals surface area contributed by atoms with Crippen molar-refractivity contribution in [1.29, 1.82) is 0 Å². The lowest BCUT2D eigenvalue weighted by Crippen LogP contribution is -2.41. The SMILES string of the molecule is COCCc1ccc(S(=O)(=O)N[C@H](CC(C)C)C(=O)O)cc1. The van der Waals surface area contributed by atoms with Crippen LogP contribution in [0.2, 0.25) is 0 Å². The van der Waals surface area contributed by atoms with Gasteiger partial charge in [-0.1, -0.05) is 26.0 Å². The predicted octanol–water partition coefficient (Wildman–Crippen LogP) is 1.65. The van der Waals surface area contributed by atoms with Gasteiger partial charge in [-0.05, 0) is 36.5 Å². The fraction of sp³-hybridized carbons (Fsp3) is 0.533. The molecule has 0 unspecified atom stereocenters. The summed E-state index contributed by atoms with van der Waals surface area (Å²) in [5, 5.41) is 9.13. The van der Waals surface area contributed by atoms with Crippen molar-refractivity contribution in [3.8, 4) is 0 Å². The summed E-state index contributed by atoms with van der Waals surface area (Å²) in [4.78, 5) is 11.2. The van der Waals surface area contributed by atoms with E-state index in [1.54, 1.807) is 19.2 Å². The van der Waals surface area contributed by atoms with Crippen molar-refractivity contribution >= 4 is 16.0 Å². The first-order chi connectivity index (χ1) is 10.3. The normalized spacial score (nSPS) is 13.3. The number of carboxylic acid groups (broad SMARTS) is 1. The second kappa shape index (κ2) is 8.26. The molecular weight excluding hydrogens is 306 g/mol. The number of ether oxygens (including phenoxy) is 1. The van der Waals surface area contributed by atoms with Crippen molar-refractivity contribution in [1.82, 2.24) is 4.72 Å². The van der Waals surface area contributed by atoms with Crippen molar-refractivity contribution in [2.75, 3.05) is 13.7 Å². The van der Waals surface area contributed by atoms with E-state index in [4.69, 9.17) is 9.84 Å². The van der Waals surface area contributed by atoms with Gasteiger partial charge in [0.15, 0.2) is 0 Å². The zero-order valence-corrected chi connectivity index (χ0v) is 13.9. The molecule has 22 heavy (non-hydrogen) atoms. The Morgan fingerprint density at radius 1 is 1.27 bits per heavy atom. The molecule has 0 radical (unpaired) electrons. The molecule has 1 atom stereocenters. The largest absolute Gasteiger partial charge is 0.480 e. The highest BCUT2D eigenvalue weighted by atomic mass is 32.2. The van der Waals surface area contributed by atoms with Gasteiger partial charge in [-0.3, -0.25) is 4.79 Å². The molecule has 1 aromatic carbocycles. The van der Waals surface area contributed by atoms with E-state index in [-0.39, 0.29) is 17.2 Å². The molecule has 7 heteroatoms. The maximum atomic E-state index is 12.3. The number of carboxylic acids is 1. The second-order valence-corrected chi connectivity index (χ2v) is 7.24. The van der Waals surface area contributed by atoms with Crippen LogP contribution in [0.15, 0.2) is 29.2 Å². The van der Waals surface area contributed by atoms with Crippen LogP contribution in [-0.2, 0) is 26.0 Å². The van der Waals surface area contributed by atoms with Gasteiger partial charge >= 0.3 is 5.97 Å². The second-order valence-electron chi connectivity index (χ2n) is 5.53. The molecule has 0 saturated heterocycles. The standard InChI is InChI=1S/C15H23NO5S/c1-11(2)10-14(15(17)18)16-22(19,20)13-6-4-12(5-7-13)8-9-21-3/h4-7,11,14,16H,8-10H2,1-3H3,(H,17,18)/t14-/m1/s1. The monoisotopic (exact) mass is 329 g/mol. The molecule has 0 aliphatic heterocycles. The Kier molecular flexibility index (Phi) is 6.99. The topological polar surface area (TPSA) is 92.7 Å². The van der Waals surface area contributed by atoms with Crippen LogP contribution in [0.5, 0.6) is 0 Å². The van der Waals surface area contributed by atoms with Gasteiger partial charge in [0.1, 0.15) is 6.04 Å². The lowest BCUT2D eigenvalue weighted by molar-refractivity contribution is -0.139. The van der Waals surface area contributed by atoms with Gasteiger partial charge in [0.05, 0.1) is 11.5 Å². The summed E-state index contributed by atoms with van der Waals surface area (Å²) >= 11 is 0. The molecule has 2 N–H and O–H groups in total. The van der Waals surface area contributed by atoms with Gasteiger partial charge in [0.2, 0.25) is 10.0 Å². The average Bonchev–Trinajstić information content (AvgIpc) is 2.44. The molecule has 0 fully saturated rings. The van der Waals surface area contributed by atoms with Crippen LogP contribution in [0.25, 0.3) is 0 Å². The molecule has 0 amide bonds. The Bertz CT molecular complexity index is 580. The molecule has 0 aliphatic rings. The van der Waals surface area contributed by atoms with Crippen molar-refractivity contribution < 1.29 is 23.1 Å². The van der Waals surface area contributed by atoms with Crippen molar-refractivity contribution in [3.63, 3.8) is 0 Å². The van der Waals surface area contributed by atoms with Gasteiger partial charge < -0.3 is 9.84 Å². The van der Waals surface area contributed by atoms with E-state index < -0.39 is 22.0 Å². The van der Waals surface area contributed by atoms with Crippen LogP contribution < -0.4 is 4.72 Å². The number of hydrogen-bond donors (Lipinski definition) is 2. The molecule has 0 heterocycles. The molecule has 0 saturated carbocycles. The van der Waals surface area contributed by atoms with Crippen molar-refractivity contribution in [2.24, 2.45) is 5.92 Å². The van der Waals surface area contributed by atoms with Gasteiger partial charge in [-0.2, -0.15) is 4.72 Å². The predicted molar refractivity (Wildman–Crippen MR) is 83.2 cm³/mol. The minimum Gasteiger partial charge on any atom is -0.480 e. The van der Waals surface area contributed by atoms with Crippen LogP contribution in [0.1, 0.15) is 25.8 Å². The van der Waals surface area contributed by atoms with E-state index >= 15 is 0 Å². The smallest absolute Gasteiger partial charge is 0.321 e. The lowest BCUT2D eigenvalue weighted by Gasteiger charge is -2.16. The van der Waals surface area contributed by atoms with Crippen LogP contribution in [-0.4, -0.2) is 39.3 Å². The van der Waals surface area contributed by atoms with Gasteiger partial charge in [0.25, 0.3) is 0 Å². The Morgan fingerprint density at radius 3 is 2.32 bits per heavy atom. The van der Waals surface area contributed by atoms with Crippen molar-refractivity contribution in [2.45, 2.75) is 37.6 Å². The fourth-order valence-electron chi connectivity index (χ4n) is 1.98. The minimum atomic E-state index is -3.85. The molecule has 0 aromatic heterocycles. The summed E-state index contributed by atoms with van der Waals surface area (Å²) in [6.45, 7) is 4.24. The molecular formula is C15H23NO5S. The summed E-state index contributed by atoms with van der Waals surface area (Å²) in [7, 11) is -2.25. The summed E-state index contributed by atoms with van der Waals surface area (Å²) in [5.74, 6) is -1.10. The van der Waals surface area contributed by atoms with Crippen LogP contribution in [0, 0.1) is 5.92 Å². The number of hydrogen-bond acceptors (Lipinski definition) is 4. The van der Waals surface area contributed by atoms with Gasteiger partial charge in [0, 0.05) is 7.11 Å². The first kappa shape index (κ1) is 18.6. The van der Waals surface area contributed by atoms with E-state index in [1.165, 1.54) is 12.1 Å². The molecule has 0 spiro atoms. The zero-order valence-electron chi connectivity index (χ0n) is 13.1. The molecule has 1 aromatic rings. The summed E-state index contributed by atoms with van der Waals surface area (Å²) in [6, 6.07) is 5.22. The molecule has 6 nitrogen and oxygen atoms in total.